The van der Waals surface area contributed by atoms with Crippen LogP contribution >= 0.6 is 23.2 Å². The molecule has 8 heteroatoms. The van der Waals surface area contributed by atoms with Gasteiger partial charge in [-0.2, -0.15) is 0 Å². The minimum absolute atomic E-state index is 0.323. The van der Waals surface area contributed by atoms with E-state index >= 15 is 0 Å². The van der Waals surface area contributed by atoms with Gasteiger partial charge in [0.25, 0.3) is 5.91 Å². The van der Waals surface area contributed by atoms with Gasteiger partial charge in [0.05, 0.1) is 15.6 Å². The smallest absolute Gasteiger partial charge is 0.252 e. The van der Waals surface area contributed by atoms with Gasteiger partial charge in [-0.15, -0.1) is 5.10 Å². The molecule has 6 nitrogen and oxygen atoms in total. The van der Waals surface area contributed by atoms with Crippen LogP contribution in [0.1, 0.15) is 21.5 Å². The Hall–Kier alpha value is -2.31. The largest absolute Gasteiger partial charge is 0.365 e. The van der Waals surface area contributed by atoms with Gasteiger partial charge in [-0.3, -0.25) is 4.79 Å². The number of nitrogens with two attached hydrogens (primary N) is 1. The molecule has 1 aromatic carbocycles. The molecule has 0 fully saturated rings. The number of hydrogen-bond donors (Lipinski definition) is 2. The molecule has 2 aromatic heterocycles. The van der Waals surface area contributed by atoms with Crippen molar-refractivity contribution >= 4 is 40.6 Å². The predicted octanol–water partition coefficient (Wildman–Crippen LogP) is 3.06. The molecule has 1 amide bonds. The second kappa shape index (κ2) is 6.06. The van der Waals surface area contributed by atoms with Crippen molar-refractivity contribution < 1.29 is 4.79 Å². The molecule has 2 heterocycles. The Balaban J connectivity index is 1.96. The maximum Gasteiger partial charge on any atom is 0.252 e. The summed E-state index contributed by atoms with van der Waals surface area (Å²) in [5, 5.41) is 8.43. The zero-order chi connectivity index (χ0) is 16.6. The molecule has 23 heavy (non-hydrogen) atoms. The minimum Gasteiger partial charge on any atom is -0.365 e. The van der Waals surface area contributed by atoms with Crippen molar-refractivity contribution in [1.29, 1.82) is 0 Å². The van der Waals surface area contributed by atoms with E-state index in [9.17, 15) is 4.79 Å². The van der Waals surface area contributed by atoms with Gasteiger partial charge < -0.3 is 11.1 Å². The van der Waals surface area contributed by atoms with Crippen LogP contribution in [0, 0.1) is 6.92 Å². The Morgan fingerprint density at radius 2 is 2.13 bits per heavy atom. The van der Waals surface area contributed by atoms with Crippen molar-refractivity contribution in [2.24, 2.45) is 5.73 Å². The van der Waals surface area contributed by atoms with Crippen molar-refractivity contribution in [3.05, 3.63) is 57.3 Å². The van der Waals surface area contributed by atoms with Gasteiger partial charge >= 0.3 is 0 Å². The summed E-state index contributed by atoms with van der Waals surface area (Å²) in [6.07, 6.45) is 3.32. The first-order valence-electron chi connectivity index (χ1n) is 6.79. The second-order valence-electron chi connectivity index (χ2n) is 5.01. The van der Waals surface area contributed by atoms with Gasteiger partial charge in [0.1, 0.15) is 0 Å². The third-order valence-corrected chi connectivity index (χ3v) is 4.21. The number of imidazole rings is 1. The first-order valence-corrected chi connectivity index (χ1v) is 7.54. The Labute approximate surface area is 142 Å². The number of anilines is 1. The molecule has 0 bridgehead atoms. The van der Waals surface area contributed by atoms with E-state index < -0.39 is 5.91 Å². The molecule has 0 saturated carbocycles. The number of aromatic nitrogens is 3. The summed E-state index contributed by atoms with van der Waals surface area (Å²) in [7, 11) is 0. The number of amides is 1. The fourth-order valence-electron chi connectivity index (χ4n) is 2.35. The molecule has 0 saturated heterocycles. The fourth-order valence-corrected chi connectivity index (χ4v) is 2.67. The summed E-state index contributed by atoms with van der Waals surface area (Å²) >= 11 is 11.9. The number of aryl methyl sites for hydroxylation is 1. The molecule has 0 unspecified atom stereocenters. The van der Waals surface area contributed by atoms with E-state index in [1.165, 1.54) is 0 Å². The van der Waals surface area contributed by atoms with Gasteiger partial charge in [0.15, 0.2) is 11.5 Å². The van der Waals surface area contributed by atoms with Crippen LogP contribution in [0.3, 0.4) is 0 Å². The number of nitrogens with zero attached hydrogens (tertiary/aromatic N) is 3. The van der Waals surface area contributed by atoms with Crippen LogP contribution in [0.15, 0.2) is 30.6 Å². The van der Waals surface area contributed by atoms with Crippen LogP contribution in [-0.4, -0.2) is 20.5 Å². The fraction of sp³-hybridized carbons (Fsp3) is 0.133. The van der Waals surface area contributed by atoms with Crippen LogP contribution in [0.25, 0.3) is 5.65 Å². The van der Waals surface area contributed by atoms with Crippen molar-refractivity contribution in [3.8, 4) is 0 Å². The number of carbonyl (C=O) groups is 1. The molecule has 3 aromatic rings. The molecule has 3 N–H and O–H groups in total. The summed E-state index contributed by atoms with van der Waals surface area (Å²) in [6.45, 7) is 2.21. The number of primary amides is 1. The van der Waals surface area contributed by atoms with E-state index in [1.807, 2.05) is 6.07 Å². The highest BCUT2D eigenvalue weighted by atomic mass is 35.5. The maximum absolute atomic E-state index is 11.8. The van der Waals surface area contributed by atoms with E-state index in [0.717, 1.165) is 5.56 Å². The lowest BCUT2D eigenvalue weighted by Gasteiger charge is -2.12. The molecule has 0 aliphatic heterocycles. The molecule has 118 valence electrons. The Bertz CT molecular complexity index is 906. The van der Waals surface area contributed by atoms with Crippen molar-refractivity contribution in [2.75, 3.05) is 5.32 Å². The lowest BCUT2D eigenvalue weighted by atomic mass is 10.1. The van der Waals surface area contributed by atoms with Crippen LogP contribution in [0.2, 0.25) is 10.0 Å². The third kappa shape index (κ3) is 2.95. The normalized spacial score (nSPS) is 10.9. The van der Waals surface area contributed by atoms with E-state index in [-0.39, 0.29) is 0 Å². The first-order chi connectivity index (χ1) is 11.0. The maximum atomic E-state index is 11.8. The van der Waals surface area contributed by atoms with Crippen LogP contribution in [0.5, 0.6) is 0 Å². The van der Waals surface area contributed by atoms with E-state index in [0.29, 0.717) is 39.2 Å². The molecule has 0 spiro atoms. The van der Waals surface area contributed by atoms with E-state index in [1.54, 1.807) is 36.0 Å². The molecular weight excluding hydrogens is 337 g/mol. The molecule has 0 radical (unpaired) electrons. The second-order valence-corrected chi connectivity index (χ2v) is 5.82. The van der Waals surface area contributed by atoms with Gasteiger partial charge in [-0.25, -0.2) is 9.50 Å². The quantitative estimate of drug-likeness (QED) is 0.757. The van der Waals surface area contributed by atoms with Crippen molar-refractivity contribution in [3.63, 3.8) is 0 Å². The Morgan fingerprint density at radius 3 is 2.83 bits per heavy atom. The number of fused-ring (bicyclic) bond motifs is 1. The predicted molar refractivity (Wildman–Crippen MR) is 90.0 cm³/mol. The highest BCUT2D eigenvalue weighted by Gasteiger charge is 2.17. The van der Waals surface area contributed by atoms with Gasteiger partial charge in [-0.1, -0.05) is 29.3 Å². The van der Waals surface area contributed by atoms with E-state index in [4.69, 9.17) is 28.9 Å². The van der Waals surface area contributed by atoms with Gasteiger partial charge in [0.2, 0.25) is 0 Å². The van der Waals surface area contributed by atoms with E-state index in [2.05, 4.69) is 15.4 Å². The Kier molecular flexibility index (Phi) is 4.11. The highest BCUT2D eigenvalue weighted by Crippen LogP contribution is 2.24. The average Bonchev–Trinajstić information content (AvgIpc) is 2.97. The molecule has 0 aliphatic carbocycles. The number of nitrogens with one attached hydrogen (secondary N) is 1. The topological polar surface area (TPSA) is 85.3 Å². The highest BCUT2D eigenvalue weighted by molar-refractivity contribution is 6.42. The number of halogens is 2. The summed E-state index contributed by atoms with van der Waals surface area (Å²) in [5.41, 5.74) is 7.99. The van der Waals surface area contributed by atoms with Gasteiger partial charge in [-0.05, 0) is 24.6 Å². The summed E-state index contributed by atoms with van der Waals surface area (Å²) in [5.74, 6) is -0.163. The molecule has 0 aliphatic rings. The van der Waals surface area contributed by atoms with Crippen molar-refractivity contribution in [1.82, 2.24) is 14.6 Å². The standard InChI is InChI=1S/C15H13Cl2N5O/c1-8-12(13(18)23)14(21-22-5-4-19-15(8)22)20-7-9-2-3-10(16)11(17)6-9/h2-6H,7H2,1H3,(H2,18,23)(H,20,21). The first kappa shape index (κ1) is 15.6. The monoisotopic (exact) mass is 349 g/mol. The Morgan fingerprint density at radius 1 is 1.35 bits per heavy atom. The van der Waals surface area contributed by atoms with Crippen molar-refractivity contribution in [2.45, 2.75) is 13.5 Å². The number of benzene rings is 1. The zero-order valence-electron chi connectivity index (χ0n) is 12.2. The van der Waals surface area contributed by atoms with Crippen LogP contribution in [-0.2, 0) is 6.54 Å². The van der Waals surface area contributed by atoms with Crippen LogP contribution in [0.4, 0.5) is 5.82 Å². The number of hydrogen-bond acceptors (Lipinski definition) is 4. The SMILES string of the molecule is Cc1c(C(N)=O)c(NCc2ccc(Cl)c(Cl)c2)nn2ccnc12. The van der Waals surface area contributed by atoms with Crippen LogP contribution < -0.4 is 11.1 Å². The summed E-state index contributed by atoms with van der Waals surface area (Å²) in [6, 6.07) is 5.31. The molecule has 0 atom stereocenters. The molecule has 3 rings (SSSR count). The number of carbonyl (C=O) groups excluding carboxylic acids is 1. The third-order valence-electron chi connectivity index (χ3n) is 3.47. The molecular formula is C15H13Cl2N5O. The average molecular weight is 350 g/mol. The number of rotatable bonds is 4. The lowest BCUT2D eigenvalue weighted by molar-refractivity contribution is 0.1000. The lowest BCUT2D eigenvalue weighted by Crippen LogP contribution is -2.19. The minimum atomic E-state index is -0.558. The van der Waals surface area contributed by atoms with Gasteiger partial charge in [0, 0.05) is 24.5 Å². The summed E-state index contributed by atoms with van der Waals surface area (Å²) in [4.78, 5) is 16.0. The summed E-state index contributed by atoms with van der Waals surface area (Å²) < 4.78 is 1.60. The zero-order valence-corrected chi connectivity index (χ0v) is 13.7.